The van der Waals surface area contributed by atoms with Crippen molar-refractivity contribution < 1.29 is 9.84 Å². The van der Waals surface area contributed by atoms with Crippen molar-refractivity contribution in [3.8, 4) is 11.9 Å². The maximum atomic E-state index is 12.3. The van der Waals surface area contributed by atoms with Gasteiger partial charge in [0.2, 0.25) is 5.88 Å². The van der Waals surface area contributed by atoms with E-state index < -0.39 is 5.56 Å². The smallest absolute Gasteiger partial charge is 0.271 e. The molecule has 0 saturated carbocycles. The maximum Gasteiger partial charge on any atom is 0.271 e. The third kappa shape index (κ3) is 3.95. The van der Waals surface area contributed by atoms with E-state index in [1.807, 2.05) is 30.3 Å². The Morgan fingerprint density at radius 1 is 1.36 bits per heavy atom. The van der Waals surface area contributed by atoms with Crippen LogP contribution in [-0.4, -0.2) is 29.6 Å². The van der Waals surface area contributed by atoms with Crippen LogP contribution in [0.3, 0.4) is 0 Å². The van der Waals surface area contributed by atoms with Crippen LogP contribution in [0.2, 0.25) is 0 Å². The van der Waals surface area contributed by atoms with E-state index in [-0.39, 0.29) is 24.6 Å². The zero-order valence-corrected chi connectivity index (χ0v) is 14.6. The molecule has 0 amide bonds. The van der Waals surface area contributed by atoms with Gasteiger partial charge in [0.25, 0.3) is 5.56 Å². The average Bonchev–Trinajstić information content (AvgIpc) is 2.62. The number of aryl methyl sites for hydroxylation is 1. The van der Waals surface area contributed by atoms with E-state index in [2.05, 4.69) is 11.9 Å². The number of aromatic nitrogens is 1. The number of ether oxygens (including phenoxy) is 1. The first-order chi connectivity index (χ1) is 12.0. The predicted molar refractivity (Wildman–Crippen MR) is 96.8 cm³/mol. The summed E-state index contributed by atoms with van der Waals surface area (Å²) in [5.74, 6) is -0.215. The van der Waals surface area contributed by atoms with Crippen molar-refractivity contribution in [2.45, 2.75) is 26.8 Å². The maximum absolute atomic E-state index is 12.3. The van der Waals surface area contributed by atoms with Crippen molar-refractivity contribution in [2.75, 3.05) is 13.7 Å². The predicted octanol–water partition coefficient (Wildman–Crippen LogP) is 2.69. The van der Waals surface area contributed by atoms with Crippen molar-refractivity contribution in [3.63, 3.8) is 0 Å². The molecule has 6 nitrogen and oxygen atoms in total. The van der Waals surface area contributed by atoms with Gasteiger partial charge in [0.15, 0.2) is 0 Å². The molecule has 0 atom stereocenters. The fourth-order valence-corrected chi connectivity index (χ4v) is 2.47. The summed E-state index contributed by atoms with van der Waals surface area (Å²) >= 11 is 0. The van der Waals surface area contributed by atoms with Crippen LogP contribution < -0.4 is 5.56 Å². The molecular formula is C19H21N3O3. The van der Waals surface area contributed by atoms with Gasteiger partial charge in [-0.25, -0.2) is 0 Å². The number of aromatic hydroxyl groups is 1. The molecule has 1 N–H and O–H groups in total. The number of hydrogen-bond donors (Lipinski definition) is 1. The summed E-state index contributed by atoms with van der Waals surface area (Å²) in [4.78, 5) is 16.7. The van der Waals surface area contributed by atoms with Crippen LogP contribution in [0.1, 0.15) is 29.2 Å². The molecule has 0 radical (unpaired) electrons. The first kappa shape index (κ1) is 18.4. The molecule has 0 bridgehead atoms. The van der Waals surface area contributed by atoms with Crippen molar-refractivity contribution in [3.05, 3.63) is 56.9 Å². The van der Waals surface area contributed by atoms with Gasteiger partial charge in [0.1, 0.15) is 11.6 Å². The molecule has 6 heteroatoms. The molecule has 1 aromatic heterocycles. The number of nitrogens with zero attached hydrogens (tertiary/aromatic N) is 3. The summed E-state index contributed by atoms with van der Waals surface area (Å²) in [5.41, 5.74) is 2.16. The molecule has 25 heavy (non-hydrogen) atoms. The van der Waals surface area contributed by atoms with Crippen LogP contribution in [0.5, 0.6) is 5.88 Å². The Morgan fingerprint density at radius 3 is 2.60 bits per heavy atom. The Kier molecular flexibility index (Phi) is 6.09. The molecule has 0 saturated heterocycles. The second-order valence-corrected chi connectivity index (χ2v) is 5.58. The summed E-state index contributed by atoms with van der Waals surface area (Å²) in [5, 5.41) is 19.8. The summed E-state index contributed by atoms with van der Waals surface area (Å²) in [6.45, 7) is 4.10. The third-order valence-corrected chi connectivity index (χ3v) is 4.05. The van der Waals surface area contributed by atoms with E-state index in [0.29, 0.717) is 11.1 Å². The van der Waals surface area contributed by atoms with E-state index >= 15 is 0 Å². The van der Waals surface area contributed by atoms with Crippen molar-refractivity contribution >= 4 is 11.9 Å². The fraction of sp³-hybridized carbons (Fsp3) is 0.316. The number of hydrogen-bond acceptors (Lipinski definition) is 5. The molecular weight excluding hydrogens is 318 g/mol. The van der Waals surface area contributed by atoms with Crippen LogP contribution in [0.4, 0.5) is 5.69 Å². The highest BCUT2D eigenvalue weighted by atomic mass is 16.5. The standard InChI is InChI=1S/C19H21N3O3/c1-4-14-5-7-15(8-6-14)21-12-17-13(2)16(11-20)18(23)22(19(17)24)9-10-25-3/h5-8,12,24H,4,9-10H2,1-3H3. The van der Waals surface area contributed by atoms with Crippen LogP contribution in [0.25, 0.3) is 0 Å². The molecule has 0 aliphatic carbocycles. The minimum atomic E-state index is -0.529. The van der Waals surface area contributed by atoms with Crippen LogP contribution in [-0.2, 0) is 17.7 Å². The summed E-state index contributed by atoms with van der Waals surface area (Å²) in [7, 11) is 1.50. The molecule has 2 aromatic rings. The minimum Gasteiger partial charge on any atom is -0.494 e. The van der Waals surface area contributed by atoms with Crippen LogP contribution in [0, 0.1) is 18.3 Å². The van der Waals surface area contributed by atoms with Crippen molar-refractivity contribution in [2.24, 2.45) is 4.99 Å². The number of rotatable bonds is 6. The lowest BCUT2D eigenvalue weighted by Gasteiger charge is -2.13. The monoisotopic (exact) mass is 339 g/mol. The van der Waals surface area contributed by atoms with Crippen LogP contribution in [0.15, 0.2) is 34.1 Å². The zero-order valence-electron chi connectivity index (χ0n) is 14.6. The Morgan fingerprint density at radius 2 is 2.04 bits per heavy atom. The van der Waals surface area contributed by atoms with Gasteiger partial charge < -0.3 is 9.84 Å². The first-order valence-corrected chi connectivity index (χ1v) is 8.01. The van der Waals surface area contributed by atoms with E-state index in [0.717, 1.165) is 16.7 Å². The van der Waals surface area contributed by atoms with Gasteiger partial charge in [-0.05, 0) is 36.6 Å². The Hall–Kier alpha value is -2.91. The highest BCUT2D eigenvalue weighted by Gasteiger charge is 2.17. The highest BCUT2D eigenvalue weighted by molar-refractivity contribution is 5.87. The number of aliphatic imine (C=N–C) groups is 1. The van der Waals surface area contributed by atoms with Crippen molar-refractivity contribution in [1.82, 2.24) is 4.57 Å². The van der Waals surface area contributed by atoms with E-state index in [1.165, 1.54) is 18.9 Å². The van der Waals surface area contributed by atoms with Crippen molar-refractivity contribution in [1.29, 1.82) is 5.26 Å². The average molecular weight is 339 g/mol. The van der Waals surface area contributed by atoms with Gasteiger partial charge in [-0.3, -0.25) is 14.4 Å². The van der Waals surface area contributed by atoms with E-state index in [1.54, 1.807) is 6.92 Å². The van der Waals surface area contributed by atoms with E-state index in [9.17, 15) is 15.2 Å². The zero-order chi connectivity index (χ0) is 18.4. The third-order valence-electron chi connectivity index (χ3n) is 4.05. The normalized spacial score (nSPS) is 11.0. The number of pyridine rings is 1. The van der Waals surface area contributed by atoms with E-state index in [4.69, 9.17) is 4.74 Å². The number of methoxy groups -OCH3 is 1. The molecule has 2 rings (SSSR count). The molecule has 130 valence electrons. The lowest BCUT2D eigenvalue weighted by atomic mass is 10.1. The fourth-order valence-electron chi connectivity index (χ4n) is 2.47. The second kappa shape index (κ2) is 8.27. The van der Waals surface area contributed by atoms with Crippen LogP contribution >= 0.6 is 0 Å². The quantitative estimate of drug-likeness (QED) is 0.820. The first-order valence-electron chi connectivity index (χ1n) is 8.01. The van der Waals surface area contributed by atoms with Gasteiger partial charge in [-0.15, -0.1) is 0 Å². The molecule has 1 heterocycles. The summed E-state index contributed by atoms with van der Waals surface area (Å²) < 4.78 is 6.10. The van der Waals surface area contributed by atoms with Gasteiger partial charge in [0, 0.05) is 13.3 Å². The summed E-state index contributed by atoms with van der Waals surface area (Å²) in [6, 6.07) is 9.65. The Labute approximate surface area is 146 Å². The van der Waals surface area contributed by atoms with Gasteiger partial charge in [-0.2, -0.15) is 5.26 Å². The SMILES string of the molecule is CCc1ccc(N=Cc2c(C)c(C#N)c(=O)n(CCOC)c2O)cc1. The Balaban J connectivity index is 2.50. The second-order valence-electron chi connectivity index (χ2n) is 5.58. The number of nitriles is 1. The Bertz CT molecular complexity index is 875. The molecule has 0 fully saturated rings. The largest absolute Gasteiger partial charge is 0.494 e. The van der Waals surface area contributed by atoms with Gasteiger partial charge >= 0.3 is 0 Å². The topological polar surface area (TPSA) is 87.6 Å². The molecule has 0 unspecified atom stereocenters. The summed E-state index contributed by atoms with van der Waals surface area (Å²) in [6.07, 6.45) is 2.43. The van der Waals surface area contributed by atoms with Gasteiger partial charge in [0.05, 0.1) is 24.4 Å². The van der Waals surface area contributed by atoms with Gasteiger partial charge in [-0.1, -0.05) is 19.1 Å². The lowest BCUT2D eigenvalue weighted by Crippen LogP contribution is -2.26. The minimum absolute atomic E-state index is 0.00307. The lowest BCUT2D eigenvalue weighted by molar-refractivity contribution is 0.182. The molecule has 1 aromatic carbocycles. The molecule has 0 aliphatic heterocycles. The molecule has 0 aliphatic rings. The number of benzene rings is 1. The highest BCUT2D eigenvalue weighted by Crippen LogP contribution is 2.21. The molecule has 0 spiro atoms.